The van der Waals surface area contributed by atoms with Crippen LogP contribution in [-0.2, 0) is 17.5 Å². The van der Waals surface area contributed by atoms with E-state index in [1.807, 2.05) is 0 Å². The summed E-state index contributed by atoms with van der Waals surface area (Å²) in [6.45, 7) is 1.96. The summed E-state index contributed by atoms with van der Waals surface area (Å²) in [7, 11) is 0. The summed E-state index contributed by atoms with van der Waals surface area (Å²) in [6.07, 6.45) is -3.26. The van der Waals surface area contributed by atoms with Crippen LogP contribution in [0.4, 0.5) is 13.2 Å². The minimum Gasteiger partial charge on any atom is -0.456 e. The molecule has 1 N–H and O–H groups in total. The molecule has 1 aromatic rings. The minimum atomic E-state index is -4.56. The lowest BCUT2D eigenvalue weighted by Crippen LogP contribution is -2.14. The van der Waals surface area contributed by atoms with Gasteiger partial charge in [0.2, 0.25) is 5.76 Å². The van der Waals surface area contributed by atoms with E-state index in [-0.39, 0.29) is 11.5 Å². The molecule has 1 aliphatic rings. The summed E-state index contributed by atoms with van der Waals surface area (Å²) in [5.74, 6) is -0.779. The van der Waals surface area contributed by atoms with E-state index >= 15 is 0 Å². The highest BCUT2D eigenvalue weighted by atomic mass is 19.4. The van der Waals surface area contributed by atoms with Crippen molar-refractivity contribution in [3.63, 3.8) is 0 Å². The third kappa shape index (κ3) is 2.40. The predicted molar refractivity (Wildman–Crippen MR) is 57.2 cm³/mol. The van der Waals surface area contributed by atoms with Gasteiger partial charge in [-0.05, 0) is 25.3 Å². The molecule has 18 heavy (non-hydrogen) atoms. The Hall–Kier alpha value is -1.01. The van der Waals surface area contributed by atoms with Crippen LogP contribution in [0.1, 0.15) is 41.4 Å². The van der Waals surface area contributed by atoms with Crippen molar-refractivity contribution in [2.75, 3.05) is 13.2 Å². The largest absolute Gasteiger partial charge is 0.456 e. The molecule has 0 aliphatic carbocycles. The van der Waals surface area contributed by atoms with Gasteiger partial charge in [-0.1, -0.05) is 0 Å². The third-order valence-corrected chi connectivity index (χ3v) is 3.32. The molecule has 1 fully saturated rings. The van der Waals surface area contributed by atoms with E-state index in [2.05, 4.69) is 0 Å². The Labute approximate surface area is 103 Å². The number of aliphatic hydroxyl groups excluding tert-OH is 1. The zero-order chi connectivity index (χ0) is 13.3. The van der Waals surface area contributed by atoms with Crippen LogP contribution in [0.2, 0.25) is 0 Å². The Morgan fingerprint density at radius 3 is 2.33 bits per heavy atom. The van der Waals surface area contributed by atoms with Gasteiger partial charge in [0.15, 0.2) is 0 Å². The molecular weight excluding hydrogens is 249 g/mol. The Morgan fingerprint density at radius 1 is 1.28 bits per heavy atom. The zero-order valence-corrected chi connectivity index (χ0v) is 10.0. The maximum Gasteiger partial charge on any atom is 0.449 e. The predicted octanol–water partition coefficient (Wildman–Crippen LogP) is 2.99. The summed E-state index contributed by atoms with van der Waals surface area (Å²) in [6, 6.07) is 0. The molecule has 2 rings (SSSR count). The van der Waals surface area contributed by atoms with Crippen molar-refractivity contribution in [1.82, 2.24) is 0 Å². The van der Waals surface area contributed by atoms with Gasteiger partial charge >= 0.3 is 6.18 Å². The third-order valence-electron chi connectivity index (χ3n) is 3.32. The average molecular weight is 264 g/mol. The van der Waals surface area contributed by atoms with Crippen molar-refractivity contribution in [2.24, 2.45) is 0 Å². The highest BCUT2D eigenvalue weighted by Crippen LogP contribution is 2.40. The van der Waals surface area contributed by atoms with Crippen LogP contribution in [0, 0.1) is 6.92 Å². The number of ether oxygens (including phenoxy) is 1. The number of alkyl halides is 3. The van der Waals surface area contributed by atoms with Gasteiger partial charge in [0.25, 0.3) is 0 Å². The van der Waals surface area contributed by atoms with Gasteiger partial charge < -0.3 is 14.3 Å². The van der Waals surface area contributed by atoms with E-state index in [1.54, 1.807) is 6.92 Å². The first kappa shape index (κ1) is 13.4. The fraction of sp³-hybridized carbons (Fsp3) is 0.667. The monoisotopic (exact) mass is 264 g/mol. The van der Waals surface area contributed by atoms with E-state index in [1.165, 1.54) is 0 Å². The Balaban J connectivity index is 2.39. The zero-order valence-electron chi connectivity index (χ0n) is 10.0. The maximum atomic E-state index is 12.8. The Kier molecular flexibility index (Phi) is 3.68. The van der Waals surface area contributed by atoms with Gasteiger partial charge in [0.1, 0.15) is 5.76 Å². The molecule has 0 radical (unpaired) electrons. The van der Waals surface area contributed by atoms with Crippen molar-refractivity contribution in [1.29, 1.82) is 0 Å². The number of aliphatic hydroxyl groups is 1. The van der Waals surface area contributed by atoms with Crippen LogP contribution in [0.25, 0.3) is 0 Å². The molecule has 0 spiro atoms. The first-order valence-corrected chi connectivity index (χ1v) is 5.83. The second-order valence-electron chi connectivity index (χ2n) is 4.44. The van der Waals surface area contributed by atoms with E-state index in [4.69, 9.17) is 14.3 Å². The smallest absolute Gasteiger partial charge is 0.449 e. The van der Waals surface area contributed by atoms with Gasteiger partial charge in [0.05, 0.1) is 6.61 Å². The second-order valence-corrected chi connectivity index (χ2v) is 4.44. The topological polar surface area (TPSA) is 42.6 Å². The second kappa shape index (κ2) is 4.93. The molecule has 102 valence electrons. The lowest BCUT2D eigenvalue weighted by atomic mass is 9.94. The molecule has 0 aromatic carbocycles. The molecule has 0 unspecified atom stereocenters. The minimum absolute atomic E-state index is 0.0554. The van der Waals surface area contributed by atoms with Crippen molar-refractivity contribution in [2.45, 2.75) is 38.5 Å². The summed E-state index contributed by atoms with van der Waals surface area (Å²) >= 11 is 0. The van der Waals surface area contributed by atoms with Crippen molar-refractivity contribution in [3.05, 3.63) is 22.6 Å². The first-order chi connectivity index (χ1) is 8.45. The van der Waals surface area contributed by atoms with Gasteiger partial charge in [-0.25, -0.2) is 0 Å². The van der Waals surface area contributed by atoms with E-state index in [0.717, 1.165) is 0 Å². The molecule has 1 aliphatic heterocycles. The van der Waals surface area contributed by atoms with E-state index < -0.39 is 18.5 Å². The number of halogens is 3. The summed E-state index contributed by atoms with van der Waals surface area (Å²) in [5.41, 5.74) is 0.265. The van der Waals surface area contributed by atoms with Crippen LogP contribution in [0.3, 0.4) is 0 Å². The number of hydrogen-bond acceptors (Lipinski definition) is 3. The summed E-state index contributed by atoms with van der Waals surface area (Å²) in [5, 5.41) is 9.09. The molecule has 0 bridgehead atoms. The van der Waals surface area contributed by atoms with E-state index in [9.17, 15) is 13.2 Å². The van der Waals surface area contributed by atoms with Gasteiger partial charge in [0, 0.05) is 24.7 Å². The van der Waals surface area contributed by atoms with Crippen molar-refractivity contribution < 1.29 is 27.4 Å². The summed E-state index contributed by atoms with van der Waals surface area (Å²) < 4.78 is 48.5. The van der Waals surface area contributed by atoms with Gasteiger partial charge in [-0.2, -0.15) is 13.2 Å². The molecular formula is C12H15F3O3. The highest BCUT2D eigenvalue weighted by Gasteiger charge is 2.40. The maximum absolute atomic E-state index is 12.8. The fourth-order valence-corrected chi connectivity index (χ4v) is 2.34. The van der Waals surface area contributed by atoms with Crippen LogP contribution in [0.15, 0.2) is 4.42 Å². The van der Waals surface area contributed by atoms with E-state index in [0.29, 0.717) is 37.4 Å². The highest BCUT2D eigenvalue weighted by molar-refractivity contribution is 5.35. The molecule has 6 heteroatoms. The molecule has 2 heterocycles. The standard InChI is InChI=1S/C12H15F3O3/c1-7-9(6-16)11(12(13,14)15)18-10(7)8-2-4-17-5-3-8/h8,16H,2-6H2,1H3. The van der Waals surface area contributed by atoms with Gasteiger partial charge in [-0.3, -0.25) is 0 Å². The average Bonchev–Trinajstić information content (AvgIpc) is 2.67. The quantitative estimate of drug-likeness (QED) is 0.892. The van der Waals surface area contributed by atoms with Gasteiger partial charge in [-0.15, -0.1) is 0 Å². The fourth-order valence-electron chi connectivity index (χ4n) is 2.34. The van der Waals surface area contributed by atoms with Crippen LogP contribution < -0.4 is 0 Å². The van der Waals surface area contributed by atoms with Crippen LogP contribution in [-0.4, -0.2) is 18.3 Å². The molecule has 1 saturated heterocycles. The Bertz CT molecular complexity index is 417. The molecule has 3 nitrogen and oxygen atoms in total. The molecule has 0 saturated carbocycles. The lowest BCUT2D eigenvalue weighted by Gasteiger charge is -2.20. The van der Waals surface area contributed by atoms with Crippen LogP contribution >= 0.6 is 0 Å². The van der Waals surface area contributed by atoms with Crippen molar-refractivity contribution in [3.8, 4) is 0 Å². The Morgan fingerprint density at radius 2 is 1.89 bits per heavy atom. The normalized spacial score (nSPS) is 18.3. The lowest BCUT2D eigenvalue weighted by molar-refractivity contribution is -0.154. The van der Waals surface area contributed by atoms with Crippen LogP contribution in [0.5, 0.6) is 0 Å². The molecule has 0 amide bonds. The summed E-state index contributed by atoms with van der Waals surface area (Å²) in [4.78, 5) is 0. The number of furan rings is 1. The first-order valence-electron chi connectivity index (χ1n) is 5.83. The molecule has 1 aromatic heterocycles. The molecule has 0 atom stereocenters. The van der Waals surface area contributed by atoms with Crippen molar-refractivity contribution >= 4 is 0 Å². The number of rotatable bonds is 2. The SMILES string of the molecule is Cc1c(C2CCOCC2)oc(C(F)(F)F)c1CO. The number of hydrogen-bond donors (Lipinski definition) is 1.